The fourth-order valence-corrected chi connectivity index (χ4v) is 3.20. The molecule has 30 heavy (non-hydrogen) atoms. The number of aryl methyl sites for hydroxylation is 1. The molecule has 2 aromatic carbocycles. The number of hydrogen-bond acceptors (Lipinski definition) is 4. The number of carbonyl (C=O) groups excluding carboxylic acids is 1. The lowest BCUT2D eigenvalue weighted by atomic mass is 10.1. The summed E-state index contributed by atoms with van der Waals surface area (Å²) in [6, 6.07) is 17.3. The second-order valence-corrected chi connectivity index (χ2v) is 7.06. The summed E-state index contributed by atoms with van der Waals surface area (Å²) in [5.74, 6) is 0.790. The van der Waals surface area contributed by atoms with Crippen molar-refractivity contribution in [1.82, 2.24) is 9.88 Å². The van der Waals surface area contributed by atoms with Gasteiger partial charge >= 0.3 is 6.03 Å². The van der Waals surface area contributed by atoms with Crippen molar-refractivity contribution in [3.8, 4) is 11.6 Å². The Balaban J connectivity index is 1.36. The number of pyridine rings is 1. The van der Waals surface area contributed by atoms with Crippen molar-refractivity contribution < 1.29 is 18.7 Å². The van der Waals surface area contributed by atoms with Gasteiger partial charge in [-0.2, -0.15) is 0 Å². The largest absolute Gasteiger partial charge is 0.439 e. The topological polar surface area (TPSA) is 63.7 Å². The summed E-state index contributed by atoms with van der Waals surface area (Å²) in [6.45, 7) is 3.05. The van der Waals surface area contributed by atoms with Gasteiger partial charge < -0.3 is 19.7 Å². The van der Waals surface area contributed by atoms with E-state index in [9.17, 15) is 9.18 Å². The zero-order valence-corrected chi connectivity index (χ0v) is 16.5. The van der Waals surface area contributed by atoms with Gasteiger partial charge in [0.2, 0.25) is 5.88 Å². The van der Waals surface area contributed by atoms with Crippen LogP contribution in [0, 0.1) is 12.7 Å². The van der Waals surface area contributed by atoms with Crippen molar-refractivity contribution in [3.05, 3.63) is 83.8 Å². The molecule has 2 heterocycles. The van der Waals surface area contributed by atoms with Crippen LogP contribution in [0.5, 0.6) is 11.6 Å². The Hall–Kier alpha value is -3.45. The molecule has 7 heteroatoms. The molecule has 1 aromatic heterocycles. The Labute approximate surface area is 174 Å². The molecule has 0 bridgehead atoms. The number of nitrogens with one attached hydrogen (secondary N) is 1. The molecule has 0 aliphatic carbocycles. The predicted molar refractivity (Wildman–Crippen MR) is 111 cm³/mol. The van der Waals surface area contributed by atoms with Crippen molar-refractivity contribution in [2.75, 3.05) is 25.0 Å². The molecule has 0 spiro atoms. The zero-order chi connectivity index (χ0) is 20.9. The fraction of sp³-hybridized carbons (Fsp3) is 0.217. The van der Waals surface area contributed by atoms with Crippen LogP contribution in [0.15, 0.2) is 66.9 Å². The van der Waals surface area contributed by atoms with Crippen LogP contribution in [-0.2, 0) is 4.74 Å². The van der Waals surface area contributed by atoms with E-state index < -0.39 is 6.10 Å². The van der Waals surface area contributed by atoms with E-state index in [1.807, 2.05) is 31.2 Å². The maximum atomic E-state index is 14.0. The highest BCUT2D eigenvalue weighted by Crippen LogP contribution is 2.25. The Morgan fingerprint density at radius 1 is 1.17 bits per heavy atom. The number of urea groups is 1. The third-order valence-electron chi connectivity index (χ3n) is 4.84. The number of benzene rings is 2. The van der Waals surface area contributed by atoms with Gasteiger partial charge in [-0.1, -0.05) is 35.9 Å². The summed E-state index contributed by atoms with van der Waals surface area (Å²) in [5, 5.41) is 2.82. The van der Waals surface area contributed by atoms with E-state index in [2.05, 4.69) is 10.3 Å². The number of nitrogens with zero attached hydrogens (tertiary/aromatic N) is 2. The SMILES string of the molecule is Cc1ccc(Oc2ccc(NC(=O)N3CCO[C@@H](c4ccccc4F)C3)cn2)cc1. The number of ether oxygens (including phenoxy) is 2. The number of hydrogen-bond donors (Lipinski definition) is 1. The smallest absolute Gasteiger partial charge is 0.322 e. The van der Waals surface area contributed by atoms with Crippen LogP contribution in [0.2, 0.25) is 0 Å². The predicted octanol–water partition coefficient (Wildman–Crippen LogP) is 4.93. The number of morpholine rings is 1. The molecule has 0 radical (unpaired) electrons. The van der Waals surface area contributed by atoms with Crippen LogP contribution < -0.4 is 10.1 Å². The minimum atomic E-state index is -0.492. The molecule has 1 aliphatic heterocycles. The van der Waals surface area contributed by atoms with Crippen LogP contribution in [0.4, 0.5) is 14.9 Å². The highest BCUT2D eigenvalue weighted by molar-refractivity contribution is 5.89. The average Bonchev–Trinajstić information content (AvgIpc) is 2.77. The van der Waals surface area contributed by atoms with Gasteiger partial charge in [-0.05, 0) is 31.2 Å². The van der Waals surface area contributed by atoms with Crippen LogP contribution in [0.1, 0.15) is 17.2 Å². The Morgan fingerprint density at radius 2 is 1.97 bits per heavy atom. The van der Waals surface area contributed by atoms with Gasteiger partial charge in [-0.3, -0.25) is 0 Å². The molecule has 3 aromatic rings. The minimum Gasteiger partial charge on any atom is -0.439 e. The van der Waals surface area contributed by atoms with Crippen LogP contribution >= 0.6 is 0 Å². The van der Waals surface area contributed by atoms with Crippen molar-refractivity contribution in [3.63, 3.8) is 0 Å². The molecule has 1 fully saturated rings. The summed E-state index contributed by atoms with van der Waals surface area (Å²) in [5.41, 5.74) is 2.15. The van der Waals surface area contributed by atoms with Gasteiger partial charge in [0.05, 0.1) is 25.0 Å². The molecule has 1 aliphatic rings. The first-order valence-electron chi connectivity index (χ1n) is 9.71. The highest BCUT2D eigenvalue weighted by Gasteiger charge is 2.27. The first kappa shape index (κ1) is 19.8. The summed E-state index contributed by atoms with van der Waals surface area (Å²) >= 11 is 0. The number of anilines is 1. The molecular weight excluding hydrogens is 385 g/mol. The second-order valence-electron chi connectivity index (χ2n) is 7.06. The molecular formula is C23H22FN3O3. The molecule has 4 rings (SSSR count). The van der Waals surface area contributed by atoms with E-state index >= 15 is 0 Å². The van der Waals surface area contributed by atoms with Crippen molar-refractivity contribution in [2.24, 2.45) is 0 Å². The minimum absolute atomic E-state index is 0.273. The lowest BCUT2D eigenvalue weighted by Gasteiger charge is -2.33. The Kier molecular flexibility index (Phi) is 5.90. The van der Waals surface area contributed by atoms with Gasteiger partial charge in [0.25, 0.3) is 0 Å². The third-order valence-corrected chi connectivity index (χ3v) is 4.84. The number of rotatable bonds is 4. The van der Waals surface area contributed by atoms with Gasteiger partial charge in [0.1, 0.15) is 17.7 Å². The number of halogens is 1. The maximum absolute atomic E-state index is 14.0. The summed E-state index contributed by atoms with van der Waals surface area (Å²) in [7, 11) is 0. The average molecular weight is 407 g/mol. The first-order valence-corrected chi connectivity index (χ1v) is 9.71. The van der Waals surface area contributed by atoms with Crippen molar-refractivity contribution in [1.29, 1.82) is 0 Å². The molecule has 2 amide bonds. The van der Waals surface area contributed by atoms with E-state index in [1.165, 1.54) is 12.3 Å². The molecule has 1 atom stereocenters. The van der Waals surface area contributed by atoms with Crippen LogP contribution in [0.25, 0.3) is 0 Å². The monoisotopic (exact) mass is 407 g/mol. The van der Waals surface area contributed by atoms with E-state index in [0.717, 1.165) is 5.56 Å². The summed E-state index contributed by atoms with van der Waals surface area (Å²) < 4.78 is 25.4. The quantitative estimate of drug-likeness (QED) is 0.666. The highest BCUT2D eigenvalue weighted by atomic mass is 19.1. The molecule has 1 N–H and O–H groups in total. The molecule has 1 saturated heterocycles. The van der Waals surface area contributed by atoms with Crippen molar-refractivity contribution >= 4 is 11.7 Å². The summed E-state index contributed by atoms with van der Waals surface area (Å²) in [6.07, 6.45) is 1.05. The summed E-state index contributed by atoms with van der Waals surface area (Å²) in [4.78, 5) is 18.5. The van der Waals surface area contributed by atoms with Gasteiger partial charge in [-0.25, -0.2) is 14.2 Å². The molecule has 6 nitrogen and oxygen atoms in total. The van der Waals surface area contributed by atoms with E-state index in [0.29, 0.717) is 36.0 Å². The van der Waals surface area contributed by atoms with Gasteiger partial charge in [0, 0.05) is 18.2 Å². The second kappa shape index (κ2) is 8.92. The third kappa shape index (κ3) is 4.75. The van der Waals surface area contributed by atoms with Gasteiger partial charge in [0.15, 0.2) is 0 Å². The van der Waals surface area contributed by atoms with E-state index in [4.69, 9.17) is 9.47 Å². The zero-order valence-electron chi connectivity index (χ0n) is 16.5. The molecule has 0 unspecified atom stereocenters. The van der Waals surface area contributed by atoms with Gasteiger partial charge in [-0.15, -0.1) is 0 Å². The standard InChI is InChI=1S/C23H22FN3O3/c1-16-6-9-18(10-7-16)30-22-11-8-17(14-25-22)26-23(28)27-12-13-29-21(15-27)19-4-2-3-5-20(19)24/h2-11,14,21H,12-13,15H2,1H3,(H,26,28)/t21-/m1/s1. The number of carbonyl (C=O) groups is 1. The molecule has 154 valence electrons. The van der Waals surface area contributed by atoms with E-state index in [1.54, 1.807) is 35.2 Å². The van der Waals surface area contributed by atoms with Crippen LogP contribution in [0.3, 0.4) is 0 Å². The first-order chi connectivity index (χ1) is 14.6. The number of aromatic nitrogens is 1. The normalized spacial score (nSPS) is 16.2. The molecule has 0 saturated carbocycles. The lowest BCUT2D eigenvalue weighted by molar-refractivity contribution is -0.0152. The van der Waals surface area contributed by atoms with Crippen molar-refractivity contribution in [2.45, 2.75) is 13.0 Å². The lowest BCUT2D eigenvalue weighted by Crippen LogP contribution is -2.44. The maximum Gasteiger partial charge on any atom is 0.322 e. The fourth-order valence-electron chi connectivity index (χ4n) is 3.20. The Bertz CT molecular complexity index is 1010. The van der Waals surface area contributed by atoms with E-state index in [-0.39, 0.29) is 18.4 Å². The Morgan fingerprint density at radius 3 is 2.70 bits per heavy atom. The number of amides is 2. The van der Waals surface area contributed by atoms with Crippen LogP contribution in [-0.4, -0.2) is 35.6 Å².